The quantitative estimate of drug-likeness (QED) is 0.882. The highest BCUT2D eigenvalue weighted by Gasteiger charge is 2.28. The molecule has 0 saturated heterocycles. The number of aromatic nitrogens is 2. The molecular formula is C17H16F3N3O3. The Morgan fingerprint density at radius 3 is 2.54 bits per heavy atom. The minimum Gasteiger partial charge on any atom is -0.484 e. The summed E-state index contributed by atoms with van der Waals surface area (Å²) in [6.07, 6.45) is -3.23. The van der Waals surface area contributed by atoms with Crippen LogP contribution >= 0.6 is 0 Å². The fourth-order valence-corrected chi connectivity index (χ4v) is 2.71. The molecule has 1 aliphatic heterocycles. The van der Waals surface area contributed by atoms with E-state index in [1.165, 1.54) is 28.8 Å². The second-order valence-corrected chi connectivity index (χ2v) is 5.87. The third-order valence-corrected chi connectivity index (χ3v) is 3.81. The predicted octanol–water partition coefficient (Wildman–Crippen LogP) is 2.62. The molecule has 9 heteroatoms. The lowest BCUT2D eigenvalue weighted by molar-refractivity contribution is -0.153. The van der Waals surface area contributed by atoms with Gasteiger partial charge in [0.05, 0.1) is 17.7 Å². The largest absolute Gasteiger partial charge is 0.484 e. The van der Waals surface area contributed by atoms with Crippen molar-refractivity contribution in [2.45, 2.75) is 32.4 Å². The molecule has 26 heavy (non-hydrogen) atoms. The molecule has 138 valence electrons. The number of fused-ring (bicyclic) bond motifs is 1. The molecule has 1 aliphatic rings. The van der Waals surface area contributed by atoms with E-state index < -0.39 is 12.8 Å². The van der Waals surface area contributed by atoms with Crippen LogP contribution in [0.3, 0.4) is 0 Å². The number of carbonyl (C=O) groups is 1. The number of anilines is 1. The van der Waals surface area contributed by atoms with Gasteiger partial charge in [0.2, 0.25) is 5.91 Å². The molecule has 0 spiro atoms. The summed E-state index contributed by atoms with van der Waals surface area (Å²) in [7, 11) is 0. The Morgan fingerprint density at radius 2 is 1.92 bits per heavy atom. The van der Waals surface area contributed by atoms with Crippen LogP contribution in [0.2, 0.25) is 0 Å². The third-order valence-electron chi connectivity index (χ3n) is 3.81. The number of nitrogens with zero attached hydrogens (tertiary/aromatic N) is 2. The van der Waals surface area contributed by atoms with Crippen molar-refractivity contribution in [3.63, 3.8) is 0 Å². The summed E-state index contributed by atoms with van der Waals surface area (Å²) in [6.45, 7) is 0.540. The van der Waals surface area contributed by atoms with E-state index in [-0.39, 0.29) is 35.0 Å². The Kier molecular flexibility index (Phi) is 4.71. The van der Waals surface area contributed by atoms with Gasteiger partial charge in [-0.1, -0.05) is 6.92 Å². The van der Waals surface area contributed by atoms with Gasteiger partial charge in [-0.3, -0.25) is 14.2 Å². The van der Waals surface area contributed by atoms with Gasteiger partial charge in [-0.15, -0.1) is 0 Å². The van der Waals surface area contributed by atoms with Crippen LogP contribution < -0.4 is 15.6 Å². The summed E-state index contributed by atoms with van der Waals surface area (Å²) in [5.74, 6) is 0.509. The summed E-state index contributed by atoms with van der Waals surface area (Å²) in [6, 6.07) is 5.70. The second kappa shape index (κ2) is 6.81. The van der Waals surface area contributed by atoms with Gasteiger partial charge in [0, 0.05) is 6.42 Å². The van der Waals surface area contributed by atoms with Crippen LogP contribution in [0.4, 0.5) is 19.0 Å². The first-order valence-electron chi connectivity index (χ1n) is 8.03. The number of ether oxygens (including phenoxy) is 1. The molecule has 0 bridgehead atoms. The predicted molar refractivity (Wildman–Crippen MR) is 87.7 cm³/mol. The first-order valence-corrected chi connectivity index (χ1v) is 8.03. The fraction of sp³-hybridized carbons (Fsp3) is 0.353. The summed E-state index contributed by atoms with van der Waals surface area (Å²) in [4.78, 5) is 28.7. The van der Waals surface area contributed by atoms with Crippen LogP contribution in [0.5, 0.6) is 5.75 Å². The number of carbonyl (C=O) groups excluding carboxylic acids is 1. The van der Waals surface area contributed by atoms with Crippen molar-refractivity contribution in [2.24, 2.45) is 0 Å². The van der Waals surface area contributed by atoms with E-state index in [4.69, 9.17) is 0 Å². The van der Waals surface area contributed by atoms with Crippen LogP contribution in [0, 0.1) is 0 Å². The molecule has 0 fully saturated rings. The van der Waals surface area contributed by atoms with Crippen molar-refractivity contribution in [2.75, 3.05) is 11.9 Å². The molecule has 2 heterocycles. The second-order valence-electron chi connectivity index (χ2n) is 5.87. The van der Waals surface area contributed by atoms with Crippen LogP contribution in [0.25, 0.3) is 5.69 Å². The van der Waals surface area contributed by atoms with E-state index in [9.17, 15) is 22.8 Å². The van der Waals surface area contributed by atoms with E-state index in [0.717, 1.165) is 6.42 Å². The number of hydrogen-bond donors (Lipinski definition) is 1. The fourth-order valence-electron chi connectivity index (χ4n) is 2.71. The minimum atomic E-state index is -4.42. The Hall–Kier alpha value is -2.84. The Bertz CT molecular complexity index is 889. The molecule has 0 atom stereocenters. The number of aryl methyl sites for hydroxylation is 1. The topological polar surface area (TPSA) is 73.2 Å². The number of alkyl halides is 3. The summed E-state index contributed by atoms with van der Waals surface area (Å²) in [5.41, 5.74) is 0.375. The summed E-state index contributed by atoms with van der Waals surface area (Å²) < 4.78 is 42.7. The number of halogens is 3. The maximum atomic E-state index is 12.8. The number of benzene rings is 1. The standard InChI is InChI=1S/C17H16F3N3O3/c1-2-3-13-21-15-12(8-14(24)22-15)16(25)23(13)10-4-6-11(7-5-10)26-9-17(18,19)20/h4-7H,2-3,8-9H2,1H3,(H,22,24). The van der Waals surface area contributed by atoms with Crippen LogP contribution in [-0.4, -0.2) is 28.2 Å². The van der Waals surface area contributed by atoms with Gasteiger partial charge in [0.25, 0.3) is 5.56 Å². The molecule has 6 nitrogen and oxygen atoms in total. The number of rotatable bonds is 5. The van der Waals surface area contributed by atoms with Crippen molar-refractivity contribution < 1.29 is 22.7 Å². The zero-order chi connectivity index (χ0) is 18.9. The van der Waals surface area contributed by atoms with Gasteiger partial charge in [-0.05, 0) is 30.7 Å². The molecule has 0 aliphatic carbocycles. The number of amides is 1. The van der Waals surface area contributed by atoms with E-state index in [0.29, 0.717) is 17.9 Å². The molecular weight excluding hydrogens is 351 g/mol. The van der Waals surface area contributed by atoms with Gasteiger partial charge in [0.15, 0.2) is 6.61 Å². The minimum absolute atomic E-state index is 0.0413. The van der Waals surface area contributed by atoms with Crippen LogP contribution in [0.1, 0.15) is 24.7 Å². The monoisotopic (exact) mass is 367 g/mol. The van der Waals surface area contributed by atoms with Gasteiger partial charge >= 0.3 is 6.18 Å². The highest BCUT2D eigenvalue weighted by Crippen LogP contribution is 2.22. The first kappa shape index (κ1) is 18.0. The van der Waals surface area contributed by atoms with Crippen molar-refractivity contribution in [1.29, 1.82) is 0 Å². The third kappa shape index (κ3) is 3.71. The smallest absolute Gasteiger partial charge is 0.422 e. The lowest BCUT2D eigenvalue weighted by Crippen LogP contribution is -2.26. The van der Waals surface area contributed by atoms with E-state index in [1.54, 1.807) is 0 Å². The molecule has 0 unspecified atom stereocenters. The van der Waals surface area contributed by atoms with Gasteiger partial charge in [0.1, 0.15) is 17.4 Å². The average Bonchev–Trinajstić information content (AvgIpc) is 2.94. The molecule has 3 rings (SSSR count). The Balaban J connectivity index is 1.97. The zero-order valence-electron chi connectivity index (χ0n) is 13.9. The Morgan fingerprint density at radius 1 is 1.23 bits per heavy atom. The van der Waals surface area contributed by atoms with Crippen molar-refractivity contribution in [1.82, 2.24) is 9.55 Å². The molecule has 1 amide bonds. The van der Waals surface area contributed by atoms with Gasteiger partial charge < -0.3 is 10.1 Å². The average molecular weight is 367 g/mol. The lowest BCUT2D eigenvalue weighted by atomic mass is 10.2. The van der Waals surface area contributed by atoms with Crippen LogP contribution in [0.15, 0.2) is 29.1 Å². The molecule has 0 saturated carbocycles. The maximum Gasteiger partial charge on any atom is 0.422 e. The van der Waals surface area contributed by atoms with Crippen molar-refractivity contribution in [3.8, 4) is 11.4 Å². The SMILES string of the molecule is CCCc1nc2c(c(=O)n1-c1ccc(OCC(F)(F)F)cc1)CC(=O)N2. The highest BCUT2D eigenvalue weighted by atomic mass is 19.4. The summed E-state index contributed by atoms with van der Waals surface area (Å²) in [5, 5.41) is 2.57. The molecule has 2 aromatic rings. The molecule has 1 aromatic carbocycles. The number of hydrogen-bond acceptors (Lipinski definition) is 4. The van der Waals surface area contributed by atoms with E-state index in [1.807, 2.05) is 6.92 Å². The van der Waals surface area contributed by atoms with Crippen molar-refractivity contribution >= 4 is 11.7 Å². The summed E-state index contributed by atoms with van der Waals surface area (Å²) >= 11 is 0. The van der Waals surface area contributed by atoms with Crippen LogP contribution in [-0.2, 0) is 17.6 Å². The van der Waals surface area contributed by atoms with Gasteiger partial charge in [-0.2, -0.15) is 13.2 Å². The molecule has 1 N–H and O–H groups in total. The maximum absolute atomic E-state index is 12.8. The molecule has 0 radical (unpaired) electrons. The zero-order valence-corrected chi connectivity index (χ0v) is 13.9. The van der Waals surface area contributed by atoms with Crippen molar-refractivity contribution in [3.05, 3.63) is 46.0 Å². The normalized spacial score (nSPS) is 13.5. The first-order chi connectivity index (χ1) is 12.3. The lowest BCUT2D eigenvalue weighted by Gasteiger charge is -2.14. The molecule has 1 aromatic heterocycles. The van der Waals surface area contributed by atoms with E-state index >= 15 is 0 Å². The number of nitrogens with one attached hydrogen (secondary N) is 1. The highest BCUT2D eigenvalue weighted by molar-refractivity contribution is 5.97. The van der Waals surface area contributed by atoms with Gasteiger partial charge in [-0.25, -0.2) is 4.98 Å². The van der Waals surface area contributed by atoms with E-state index in [2.05, 4.69) is 15.0 Å². The Labute approximate surface area is 146 Å².